The molecule has 0 aliphatic carbocycles. The average molecular weight is 583 g/mol. The Bertz CT molecular complexity index is 1650. The lowest BCUT2D eigenvalue weighted by Gasteiger charge is -2.15. The minimum Gasteiger partial charge on any atom is -0.497 e. The minimum atomic E-state index is -4.77. The molecule has 0 spiro atoms. The molecule has 3 aromatic carbocycles. The highest BCUT2D eigenvalue weighted by Crippen LogP contribution is 2.36. The van der Waals surface area contributed by atoms with Gasteiger partial charge in [-0.1, -0.05) is 0 Å². The van der Waals surface area contributed by atoms with Crippen LogP contribution < -0.4 is 20.3 Å². The lowest BCUT2D eigenvalue weighted by atomic mass is 10.1. The van der Waals surface area contributed by atoms with Gasteiger partial charge in [-0.2, -0.15) is 22.0 Å². The van der Waals surface area contributed by atoms with Gasteiger partial charge in [0.2, 0.25) is 0 Å². The van der Waals surface area contributed by atoms with Gasteiger partial charge >= 0.3 is 12.8 Å². The molecule has 1 N–H and O–H groups in total. The zero-order valence-corrected chi connectivity index (χ0v) is 21.4. The number of amides is 1. The minimum absolute atomic E-state index is 0.128. The van der Waals surface area contributed by atoms with Crippen molar-refractivity contribution in [2.24, 2.45) is 7.05 Å². The van der Waals surface area contributed by atoms with Gasteiger partial charge in [0.05, 0.1) is 23.9 Å². The molecule has 4 aromatic rings. The Kier molecular flexibility index (Phi) is 7.86. The number of anilines is 1. The maximum atomic E-state index is 15.2. The molecule has 1 heterocycles. The van der Waals surface area contributed by atoms with Crippen molar-refractivity contribution in [3.63, 3.8) is 0 Å². The summed E-state index contributed by atoms with van der Waals surface area (Å²) >= 11 is 0. The molecule has 216 valence electrons. The number of halogens is 7. The summed E-state index contributed by atoms with van der Waals surface area (Å²) in [6.07, 6.45) is -4.77. The van der Waals surface area contributed by atoms with Gasteiger partial charge in [0.1, 0.15) is 34.5 Å². The fourth-order valence-corrected chi connectivity index (χ4v) is 4.21. The van der Waals surface area contributed by atoms with Crippen molar-refractivity contribution >= 4 is 11.6 Å². The van der Waals surface area contributed by atoms with Crippen LogP contribution >= 0.6 is 0 Å². The number of aryl methyl sites for hydroxylation is 1. The lowest BCUT2D eigenvalue weighted by molar-refractivity contribution is -0.137. The molecule has 4 rings (SSSR count). The van der Waals surface area contributed by atoms with E-state index in [1.165, 1.54) is 27.1 Å². The number of nitrogens with zero attached hydrogens (tertiary/aromatic N) is 2. The maximum Gasteiger partial charge on any atom is 0.416 e. The van der Waals surface area contributed by atoms with Crippen LogP contribution in [-0.4, -0.2) is 29.0 Å². The van der Waals surface area contributed by atoms with Gasteiger partial charge in [0.15, 0.2) is 0 Å². The number of nitrogens with one attached hydrogen (secondary N) is 1. The van der Waals surface area contributed by atoms with Gasteiger partial charge in [0, 0.05) is 24.7 Å². The normalized spacial score (nSPS) is 11.6. The van der Waals surface area contributed by atoms with E-state index in [9.17, 15) is 31.5 Å². The Labute approximate surface area is 227 Å². The van der Waals surface area contributed by atoms with Crippen LogP contribution in [0.3, 0.4) is 0 Å². The molecule has 0 saturated carbocycles. The predicted octanol–water partition coefficient (Wildman–Crippen LogP) is 6.31. The second-order valence-electron chi connectivity index (χ2n) is 8.74. The molecule has 7 nitrogen and oxygen atoms in total. The van der Waals surface area contributed by atoms with Gasteiger partial charge in [0.25, 0.3) is 11.5 Å². The zero-order valence-electron chi connectivity index (χ0n) is 21.4. The van der Waals surface area contributed by atoms with Gasteiger partial charge in [-0.25, -0.2) is 13.5 Å². The number of hydrogen-bond acceptors (Lipinski definition) is 4. The van der Waals surface area contributed by atoms with E-state index in [1.807, 2.05) is 0 Å². The van der Waals surface area contributed by atoms with Crippen LogP contribution in [0.15, 0.2) is 59.4 Å². The first-order chi connectivity index (χ1) is 19.2. The van der Waals surface area contributed by atoms with E-state index in [1.54, 1.807) is 0 Å². The maximum absolute atomic E-state index is 15.2. The molecular weight excluding hydrogens is 563 g/mol. The summed E-state index contributed by atoms with van der Waals surface area (Å²) in [4.78, 5) is 26.7. The Balaban J connectivity index is 1.92. The second-order valence-corrected chi connectivity index (χ2v) is 8.74. The third-order valence-corrected chi connectivity index (χ3v) is 5.97. The molecular formula is C27H20F7N3O4. The summed E-state index contributed by atoms with van der Waals surface area (Å²) in [5, 5.41) is 2.26. The number of alkyl halides is 5. The summed E-state index contributed by atoms with van der Waals surface area (Å²) in [7, 11) is 2.33. The topological polar surface area (TPSA) is 74.5 Å². The molecule has 0 radical (unpaired) electrons. The average Bonchev–Trinajstić information content (AvgIpc) is 3.11. The number of benzene rings is 3. The molecule has 1 amide bonds. The number of carbonyl (C=O) groups excluding carboxylic acids is 1. The molecule has 0 atom stereocenters. The Hall–Kier alpha value is -4.75. The van der Waals surface area contributed by atoms with Crippen LogP contribution in [0.2, 0.25) is 0 Å². The summed E-state index contributed by atoms with van der Waals surface area (Å²) in [6, 6.07) is 8.72. The Morgan fingerprint density at radius 2 is 1.56 bits per heavy atom. The number of rotatable bonds is 7. The van der Waals surface area contributed by atoms with Crippen molar-refractivity contribution in [3.8, 4) is 28.4 Å². The first-order valence-electron chi connectivity index (χ1n) is 11.6. The first-order valence-corrected chi connectivity index (χ1v) is 11.6. The van der Waals surface area contributed by atoms with Gasteiger partial charge in [-0.15, -0.1) is 0 Å². The largest absolute Gasteiger partial charge is 0.497 e. The molecule has 41 heavy (non-hydrogen) atoms. The molecule has 14 heteroatoms. The Morgan fingerprint density at radius 1 is 0.951 bits per heavy atom. The monoisotopic (exact) mass is 583 g/mol. The molecule has 0 saturated heterocycles. The van der Waals surface area contributed by atoms with Crippen molar-refractivity contribution in [3.05, 3.63) is 93.3 Å². The molecule has 0 aliphatic heterocycles. The summed E-state index contributed by atoms with van der Waals surface area (Å²) in [5.74, 6) is -3.84. The summed E-state index contributed by atoms with van der Waals surface area (Å²) in [5.41, 5.74) is -4.46. The van der Waals surface area contributed by atoms with Crippen molar-refractivity contribution in [1.29, 1.82) is 0 Å². The van der Waals surface area contributed by atoms with Crippen molar-refractivity contribution < 1.29 is 45.0 Å². The quantitative estimate of drug-likeness (QED) is 0.259. The second kappa shape index (κ2) is 11.0. The highest BCUT2D eigenvalue weighted by molar-refractivity contribution is 6.06. The first kappa shape index (κ1) is 29.2. The van der Waals surface area contributed by atoms with E-state index in [0.717, 1.165) is 51.8 Å². The number of carbonyl (C=O) groups is 1. The van der Waals surface area contributed by atoms with E-state index in [0.29, 0.717) is 6.07 Å². The van der Waals surface area contributed by atoms with Crippen molar-refractivity contribution in [1.82, 2.24) is 9.36 Å². The highest BCUT2D eigenvalue weighted by Gasteiger charge is 2.32. The van der Waals surface area contributed by atoms with Crippen LogP contribution in [0.1, 0.15) is 21.5 Å². The van der Waals surface area contributed by atoms with Crippen LogP contribution in [0, 0.1) is 18.6 Å². The van der Waals surface area contributed by atoms with Gasteiger partial charge < -0.3 is 14.8 Å². The zero-order chi connectivity index (χ0) is 30.2. The highest BCUT2D eigenvalue weighted by atomic mass is 19.4. The lowest BCUT2D eigenvalue weighted by Crippen LogP contribution is -2.23. The number of aromatic nitrogens is 2. The van der Waals surface area contributed by atoms with Crippen LogP contribution in [-0.2, 0) is 13.2 Å². The molecule has 0 bridgehead atoms. The van der Waals surface area contributed by atoms with Crippen molar-refractivity contribution in [2.75, 3.05) is 12.4 Å². The fraction of sp³-hybridized carbons (Fsp3) is 0.185. The van der Waals surface area contributed by atoms with E-state index in [-0.39, 0.29) is 28.3 Å². The third-order valence-electron chi connectivity index (χ3n) is 5.97. The molecule has 0 fully saturated rings. The van der Waals surface area contributed by atoms with E-state index < -0.39 is 58.4 Å². The van der Waals surface area contributed by atoms with Crippen LogP contribution in [0.5, 0.6) is 11.5 Å². The summed E-state index contributed by atoms with van der Waals surface area (Å²) < 4.78 is 107. The van der Waals surface area contributed by atoms with E-state index in [2.05, 4.69) is 10.1 Å². The smallest absolute Gasteiger partial charge is 0.416 e. The van der Waals surface area contributed by atoms with E-state index in [4.69, 9.17) is 4.74 Å². The standard InChI is InChI=1S/C27H20F7N3O4/c1-13-8-15(27(32,33)34)10-16(9-13)37-25(39)22(35-24(38)14-4-6-17(7-5-14)41-26(30)31)23(36(37)2)21-19(28)11-18(40-3)12-20(21)29/h4-12,26H,1-3H3,(H,35,38). The molecule has 0 unspecified atom stereocenters. The van der Waals surface area contributed by atoms with Crippen molar-refractivity contribution in [2.45, 2.75) is 19.7 Å². The van der Waals surface area contributed by atoms with Crippen LogP contribution in [0.4, 0.5) is 36.4 Å². The van der Waals surface area contributed by atoms with Gasteiger partial charge in [-0.3, -0.25) is 14.3 Å². The number of hydrogen-bond donors (Lipinski definition) is 1. The predicted molar refractivity (Wildman–Crippen MR) is 134 cm³/mol. The molecule has 0 aliphatic rings. The Morgan fingerprint density at radius 3 is 2.10 bits per heavy atom. The number of ether oxygens (including phenoxy) is 2. The number of methoxy groups -OCH3 is 1. The third kappa shape index (κ3) is 5.90. The van der Waals surface area contributed by atoms with Gasteiger partial charge in [-0.05, 0) is 55.0 Å². The fourth-order valence-electron chi connectivity index (χ4n) is 4.21. The van der Waals surface area contributed by atoms with E-state index >= 15 is 8.78 Å². The van der Waals surface area contributed by atoms with Crippen LogP contribution in [0.25, 0.3) is 16.9 Å². The molecule has 1 aromatic heterocycles. The summed E-state index contributed by atoms with van der Waals surface area (Å²) in [6.45, 7) is -1.76. The SMILES string of the molecule is COc1cc(F)c(-c2c(NC(=O)c3ccc(OC(F)F)cc3)c(=O)n(-c3cc(C)cc(C(F)(F)F)c3)n2C)c(F)c1.